The lowest BCUT2D eigenvalue weighted by Crippen LogP contribution is -2.03. The van der Waals surface area contributed by atoms with Crippen LogP contribution in [0.1, 0.15) is 0 Å². The maximum atomic E-state index is 5.86. The second-order valence-electron chi connectivity index (χ2n) is 2.96. The van der Waals surface area contributed by atoms with Crippen molar-refractivity contribution in [3.63, 3.8) is 0 Å². The van der Waals surface area contributed by atoms with Gasteiger partial charge in [-0.1, -0.05) is 12.1 Å². The van der Waals surface area contributed by atoms with Gasteiger partial charge in [-0.15, -0.1) is 0 Å². The summed E-state index contributed by atoms with van der Waals surface area (Å²) in [7, 11) is 1.62. The van der Waals surface area contributed by atoms with Gasteiger partial charge in [-0.3, -0.25) is 0 Å². The van der Waals surface area contributed by atoms with E-state index in [1.165, 1.54) is 0 Å². The second-order valence-corrected chi connectivity index (χ2v) is 3.82. The summed E-state index contributed by atoms with van der Waals surface area (Å²) in [6.45, 7) is 0. The van der Waals surface area contributed by atoms with E-state index < -0.39 is 0 Å². The molecule has 0 bridgehead atoms. The van der Waals surface area contributed by atoms with E-state index in [9.17, 15) is 0 Å². The summed E-state index contributed by atoms with van der Waals surface area (Å²) >= 11 is 3.31. The first kappa shape index (κ1) is 10.0. The van der Waals surface area contributed by atoms with Gasteiger partial charge in [0.25, 0.3) is 0 Å². The third-order valence-electron chi connectivity index (χ3n) is 2.07. The number of anilines is 1. The number of ether oxygens (including phenoxy) is 1. The number of halogens is 1. The third-order valence-corrected chi connectivity index (χ3v) is 2.68. The van der Waals surface area contributed by atoms with Crippen LogP contribution in [0.3, 0.4) is 0 Å². The van der Waals surface area contributed by atoms with Gasteiger partial charge in [-0.2, -0.15) is 5.10 Å². The van der Waals surface area contributed by atoms with Crippen LogP contribution in [-0.4, -0.2) is 16.9 Å². The highest BCUT2D eigenvalue weighted by Crippen LogP contribution is 2.27. The van der Waals surface area contributed by atoms with Gasteiger partial charge in [-0.25, -0.2) is 4.68 Å². The van der Waals surface area contributed by atoms with E-state index in [0.717, 1.165) is 15.9 Å². The molecule has 0 saturated carbocycles. The van der Waals surface area contributed by atoms with Crippen molar-refractivity contribution in [3.8, 4) is 11.4 Å². The van der Waals surface area contributed by atoms with Crippen LogP contribution in [0.25, 0.3) is 5.69 Å². The molecule has 1 heterocycles. The molecular weight excluding hydrogens is 258 g/mol. The van der Waals surface area contributed by atoms with Crippen molar-refractivity contribution in [2.75, 3.05) is 12.8 Å². The van der Waals surface area contributed by atoms with E-state index in [1.54, 1.807) is 18.0 Å². The molecule has 0 spiro atoms. The Labute approximate surface area is 95.8 Å². The molecule has 1 aromatic heterocycles. The Morgan fingerprint density at radius 3 is 2.73 bits per heavy atom. The van der Waals surface area contributed by atoms with Crippen molar-refractivity contribution in [2.24, 2.45) is 0 Å². The SMILES string of the molecule is COc1ccccc1-n1ncc(Br)c1N. The number of hydrogen-bond acceptors (Lipinski definition) is 3. The van der Waals surface area contributed by atoms with Crippen molar-refractivity contribution < 1.29 is 4.74 Å². The number of nitrogen functional groups attached to an aromatic ring is 1. The molecule has 4 nitrogen and oxygen atoms in total. The van der Waals surface area contributed by atoms with Gasteiger partial charge in [0.05, 0.1) is 17.8 Å². The lowest BCUT2D eigenvalue weighted by Gasteiger charge is -2.09. The van der Waals surface area contributed by atoms with Gasteiger partial charge in [0.1, 0.15) is 17.3 Å². The molecule has 1 aromatic carbocycles. The summed E-state index contributed by atoms with van der Waals surface area (Å²) in [4.78, 5) is 0. The highest BCUT2D eigenvalue weighted by Gasteiger charge is 2.10. The molecule has 15 heavy (non-hydrogen) atoms. The zero-order valence-corrected chi connectivity index (χ0v) is 9.73. The lowest BCUT2D eigenvalue weighted by molar-refractivity contribution is 0.412. The minimum Gasteiger partial charge on any atom is -0.494 e. The molecule has 0 aliphatic carbocycles. The third kappa shape index (κ3) is 1.70. The average molecular weight is 268 g/mol. The lowest BCUT2D eigenvalue weighted by atomic mass is 10.3. The smallest absolute Gasteiger partial charge is 0.144 e. The minimum atomic E-state index is 0.555. The first-order chi connectivity index (χ1) is 7.24. The standard InChI is InChI=1S/C10H10BrN3O/c1-15-9-5-3-2-4-8(9)14-10(12)7(11)6-13-14/h2-6H,12H2,1H3. The van der Waals surface area contributed by atoms with Crippen molar-refractivity contribution in [1.29, 1.82) is 0 Å². The summed E-state index contributed by atoms with van der Waals surface area (Å²) in [5, 5.41) is 4.16. The Morgan fingerprint density at radius 2 is 2.13 bits per heavy atom. The van der Waals surface area contributed by atoms with Crippen LogP contribution in [0.5, 0.6) is 5.75 Å². The number of para-hydroxylation sites is 2. The Morgan fingerprint density at radius 1 is 1.40 bits per heavy atom. The summed E-state index contributed by atoms with van der Waals surface area (Å²) in [5.74, 6) is 1.29. The Balaban J connectivity index is 2.58. The average Bonchev–Trinajstić information content (AvgIpc) is 2.60. The van der Waals surface area contributed by atoms with Gasteiger partial charge >= 0.3 is 0 Å². The van der Waals surface area contributed by atoms with Crippen LogP contribution in [0.4, 0.5) is 5.82 Å². The van der Waals surface area contributed by atoms with Crippen LogP contribution in [0, 0.1) is 0 Å². The molecule has 0 amide bonds. The van der Waals surface area contributed by atoms with Crippen molar-refractivity contribution in [3.05, 3.63) is 34.9 Å². The molecule has 0 fully saturated rings. The largest absolute Gasteiger partial charge is 0.494 e. The Kier molecular flexibility index (Phi) is 2.64. The molecule has 78 valence electrons. The van der Waals surface area contributed by atoms with E-state index in [2.05, 4.69) is 21.0 Å². The summed E-state index contributed by atoms with van der Waals surface area (Å²) in [5.41, 5.74) is 6.68. The fraction of sp³-hybridized carbons (Fsp3) is 0.100. The molecule has 2 N–H and O–H groups in total. The zero-order chi connectivity index (χ0) is 10.8. The van der Waals surface area contributed by atoms with Crippen molar-refractivity contribution in [1.82, 2.24) is 9.78 Å². The fourth-order valence-electron chi connectivity index (χ4n) is 1.33. The zero-order valence-electron chi connectivity index (χ0n) is 8.14. The highest BCUT2D eigenvalue weighted by atomic mass is 79.9. The van der Waals surface area contributed by atoms with Gasteiger partial charge in [0, 0.05) is 0 Å². The quantitative estimate of drug-likeness (QED) is 0.908. The Bertz CT molecular complexity index is 481. The molecule has 0 radical (unpaired) electrons. The van der Waals surface area contributed by atoms with Crippen LogP contribution >= 0.6 is 15.9 Å². The molecule has 2 rings (SSSR count). The number of hydrogen-bond donors (Lipinski definition) is 1. The van der Waals surface area contributed by atoms with Crippen molar-refractivity contribution in [2.45, 2.75) is 0 Å². The molecule has 5 heteroatoms. The molecule has 0 unspecified atom stereocenters. The predicted molar refractivity (Wildman–Crippen MR) is 62.2 cm³/mol. The number of rotatable bonds is 2. The van der Waals surface area contributed by atoms with Crippen LogP contribution in [0.15, 0.2) is 34.9 Å². The highest BCUT2D eigenvalue weighted by molar-refractivity contribution is 9.10. The second kappa shape index (κ2) is 3.94. The summed E-state index contributed by atoms with van der Waals surface area (Å²) < 4.78 is 7.63. The van der Waals surface area contributed by atoms with E-state index in [-0.39, 0.29) is 0 Å². The molecular formula is C10H10BrN3O. The van der Waals surface area contributed by atoms with Crippen LogP contribution in [-0.2, 0) is 0 Å². The van der Waals surface area contributed by atoms with Crippen molar-refractivity contribution >= 4 is 21.7 Å². The summed E-state index contributed by atoms with van der Waals surface area (Å²) in [6.07, 6.45) is 1.65. The number of nitrogens with zero attached hydrogens (tertiary/aromatic N) is 2. The molecule has 0 aliphatic rings. The van der Waals surface area contributed by atoms with Gasteiger partial charge in [-0.05, 0) is 28.1 Å². The number of methoxy groups -OCH3 is 1. The van der Waals surface area contributed by atoms with E-state index in [4.69, 9.17) is 10.5 Å². The monoisotopic (exact) mass is 267 g/mol. The molecule has 0 saturated heterocycles. The number of aromatic nitrogens is 2. The maximum Gasteiger partial charge on any atom is 0.144 e. The van der Waals surface area contributed by atoms with Gasteiger partial charge in [0.2, 0.25) is 0 Å². The predicted octanol–water partition coefficient (Wildman–Crippen LogP) is 2.23. The van der Waals surface area contributed by atoms with Gasteiger partial charge < -0.3 is 10.5 Å². The number of nitrogens with two attached hydrogens (primary N) is 1. The fourth-order valence-corrected chi connectivity index (χ4v) is 1.59. The molecule has 0 atom stereocenters. The van der Waals surface area contributed by atoms with Crippen LogP contribution in [0.2, 0.25) is 0 Å². The first-order valence-corrected chi connectivity index (χ1v) is 5.15. The Hall–Kier alpha value is -1.49. The number of benzene rings is 1. The molecule has 2 aromatic rings. The topological polar surface area (TPSA) is 53.1 Å². The van der Waals surface area contributed by atoms with E-state index in [0.29, 0.717) is 5.82 Å². The minimum absolute atomic E-state index is 0.555. The first-order valence-electron chi connectivity index (χ1n) is 4.36. The molecule has 0 aliphatic heterocycles. The maximum absolute atomic E-state index is 5.86. The normalized spacial score (nSPS) is 10.3. The summed E-state index contributed by atoms with van der Waals surface area (Å²) in [6, 6.07) is 7.57. The van der Waals surface area contributed by atoms with Crippen LogP contribution < -0.4 is 10.5 Å². The van der Waals surface area contributed by atoms with E-state index >= 15 is 0 Å². The van der Waals surface area contributed by atoms with Gasteiger partial charge in [0.15, 0.2) is 0 Å². The van der Waals surface area contributed by atoms with E-state index in [1.807, 2.05) is 24.3 Å².